The predicted octanol–water partition coefficient (Wildman–Crippen LogP) is 22.1. The van der Waals surface area contributed by atoms with Crippen LogP contribution in [0.4, 0.5) is 0 Å². The van der Waals surface area contributed by atoms with E-state index in [9.17, 15) is 19.8 Å². The first-order valence-corrected chi connectivity index (χ1v) is 34.6. The molecular weight excluding hydrogens is 935 g/mol. The van der Waals surface area contributed by atoms with E-state index in [-0.39, 0.29) is 18.5 Å². The monoisotopic (exact) mass is 1070 g/mol. The molecule has 0 spiro atoms. The topological polar surface area (TPSA) is 95.9 Å². The fourth-order valence-electron chi connectivity index (χ4n) is 11.0. The van der Waals surface area contributed by atoms with E-state index in [0.717, 1.165) is 70.6 Å². The quantitative estimate of drug-likeness (QED) is 0.0320. The van der Waals surface area contributed by atoms with E-state index in [4.69, 9.17) is 4.74 Å². The van der Waals surface area contributed by atoms with E-state index >= 15 is 0 Å². The van der Waals surface area contributed by atoms with Gasteiger partial charge in [0.1, 0.15) is 0 Å². The number of hydrogen-bond acceptors (Lipinski definition) is 5. The van der Waals surface area contributed by atoms with Crippen LogP contribution in [-0.2, 0) is 14.3 Å². The van der Waals surface area contributed by atoms with Crippen LogP contribution >= 0.6 is 0 Å². The Morgan fingerprint density at radius 2 is 0.645 bits per heavy atom. The minimum absolute atomic E-state index is 0.00832. The van der Waals surface area contributed by atoms with Crippen molar-refractivity contribution in [1.29, 1.82) is 0 Å². The molecule has 0 fully saturated rings. The summed E-state index contributed by atoms with van der Waals surface area (Å²) in [4.78, 5) is 24.6. The number of carbonyl (C=O) groups is 2. The van der Waals surface area contributed by atoms with E-state index < -0.39 is 12.1 Å². The molecule has 6 nitrogen and oxygen atoms in total. The van der Waals surface area contributed by atoms with Crippen molar-refractivity contribution in [3.8, 4) is 0 Å². The number of carbonyl (C=O) groups excluding carboxylic acids is 2. The lowest BCUT2D eigenvalue weighted by Gasteiger charge is -2.22. The zero-order valence-corrected chi connectivity index (χ0v) is 51.5. The zero-order valence-electron chi connectivity index (χ0n) is 51.5. The molecule has 0 aromatic heterocycles. The Kier molecular flexibility index (Phi) is 64.4. The van der Waals surface area contributed by atoms with Gasteiger partial charge in [0.2, 0.25) is 5.91 Å². The van der Waals surface area contributed by atoms with Gasteiger partial charge in [-0.25, -0.2) is 0 Å². The summed E-state index contributed by atoms with van der Waals surface area (Å²) in [5, 5.41) is 23.4. The number of nitrogens with one attached hydrogen (secondary N) is 1. The lowest BCUT2D eigenvalue weighted by molar-refractivity contribution is -0.143. The lowest BCUT2D eigenvalue weighted by atomic mass is 10.0. The molecular formula is C70H135NO5. The molecule has 0 aromatic rings. The molecule has 0 heterocycles. The van der Waals surface area contributed by atoms with Crippen LogP contribution in [0.15, 0.2) is 24.3 Å². The smallest absolute Gasteiger partial charge is 0.305 e. The Bertz CT molecular complexity index is 1190. The summed E-state index contributed by atoms with van der Waals surface area (Å²) in [5.41, 5.74) is 0. The third-order valence-electron chi connectivity index (χ3n) is 16.3. The maximum atomic E-state index is 12.5. The number of ether oxygens (including phenoxy) is 1. The third-order valence-corrected chi connectivity index (χ3v) is 16.3. The van der Waals surface area contributed by atoms with Crippen LogP contribution in [0, 0.1) is 0 Å². The molecule has 1 amide bonds. The summed E-state index contributed by atoms with van der Waals surface area (Å²) in [5.74, 6) is -0.0487. The summed E-state index contributed by atoms with van der Waals surface area (Å²) in [6.07, 6.45) is 82.1. The second-order valence-corrected chi connectivity index (χ2v) is 23.9. The SMILES string of the molecule is CCCCCCCCCCCCCCCCCCCCCCCCCC(O)C(CO)NC(=O)CCCCCCCCCCCC/C=C\C=C/CCCCCOC(=O)CCCCCCCCCCCCCCCCCCC. The molecule has 2 atom stereocenters. The van der Waals surface area contributed by atoms with Crippen molar-refractivity contribution < 1.29 is 24.5 Å². The van der Waals surface area contributed by atoms with Gasteiger partial charge in [0, 0.05) is 12.8 Å². The molecule has 6 heteroatoms. The second kappa shape index (κ2) is 65.9. The molecule has 0 aromatic carbocycles. The van der Waals surface area contributed by atoms with Gasteiger partial charge in [-0.05, 0) is 57.8 Å². The van der Waals surface area contributed by atoms with Crippen molar-refractivity contribution in [1.82, 2.24) is 5.32 Å². The molecule has 450 valence electrons. The predicted molar refractivity (Wildman–Crippen MR) is 333 cm³/mol. The highest BCUT2D eigenvalue weighted by molar-refractivity contribution is 5.76. The summed E-state index contributed by atoms with van der Waals surface area (Å²) >= 11 is 0. The van der Waals surface area contributed by atoms with Crippen LogP contribution in [0.5, 0.6) is 0 Å². The number of rotatable bonds is 65. The highest BCUT2D eigenvalue weighted by Crippen LogP contribution is 2.19. The van der Waals surface area contributed by atoms with Gasteiger partial charge in [0.25, 0.3) is 0 Å². The molecule has 0 aliphatic carbocycles. The molecule has 0 rings (SSSR count). The molecule has 0 radical (unpaired) electrons. The van der Waals surface area contributed by atoms with E-state index in [1.807, 2.05) is 0 Å². The number of aliphatic hydroxyl groups is 2. The van der Waals surface area contributed by atoms with Crippen LogP contribution < -0.4 is 5.32 Å². The molecule has 0 aliphatic heterocycles. The van der Waals surface area contributed by atoms with Crippen LogP contribution in [-0.4, -0.2) is 47.4 Å². The molecule has 2 unspecified atom stereocenters. The first kappa shape index (κ1) is 74.3. The molecule has 0 bridgehead atoms. The Labute approximate surface area is 475 Å². The molecule has 0 saturated carbocycles. The first-order chi connectivity index (χ1) is 37.5. The lowest BCUT2D eigenvalue weighted by Crippen LogP contribution is -2.45. The fourth-order valence-corrected chi connectivity index (χ4v) is 11.0. The van der Waals surface area contributed by atoms with Crippen molar-refractivity contribution in [2.45, 2.75) is 398 Å². The number of allylic oxidation sites excluding steroid dienone is 4. The van der Waals surface area contributed by atoms with Crippen molar-refractivity contribution in [3.05, 3.63) is 24.3 Å². The van der Waals surface area contributed by atoms with Gasteiger partial charge in [0.05, 0.1) is 25.4 Å². The van der Waals surface area contributed by atoms with Gasteiger partial charge in [0.15, 0.2) is 0 Å². The van der Waals surface area contributed by atoms with Gasteiger partial charge in [-0.15, -0.1) is 0 Å². The molecule has 3 N–H and O–H groups in total. The average molecular weight is 1070 g/mol. The van der Waals surface area contributed by atoms with Crippen molar-refractivity contribution in [2.75, 3.05) is 13.2 Å². The maximum Gasteiger partial charge on any atom is 0.305 e. The van der Waals surface area contributed by atoms with Crippen LogP contribution in [0.3, 0.4) is 0 Å². The molecule has 0 aliphatic rings. The van der Waals surface area contributed by atoms with Gasteiger partial charge in [-0.3, -0.25) is 9.59 Å². The third kappa shape index (κ3) is 61.6. The van der Waals surface area contributed by atoms with Crippen molar-refractivity contribution >= 4 is 11.9 Å². The highest BCUT2D eigenvalue weighted by atomic mass is 16.5. The Hall–Kier alpha value is -1.66. The number of amides is 1. The first-order valence-electron chi connectivity index (χ1n) is 34.6. The molecule has 0 saturated heterocycles. The summed E-state index contributed by atoms with van der Waals surface area (Å²) < 4.78 is 5.48. The standard InChI is InChI=1S/C70H135NO5/c1-3-5-7-9-11-13-15-17-19-21-22-23-24-25-27-31-34-38-42-46-50-54-58-62-68(73)67(66-72)71-69(74)63-59-55-51-47-43-39-35-32-28-26-29-33-37-41-45-49-53-57-61-65-76-70(75)64-60-56-52-48-44-40-36-30-20-18-16-14-12-10-8-6-4-2/h33,37,41,45,67-68,72-73H,3-32,34-36,38-40,42-44,46-66H2,1-2H3,(H,71,74)/b37-33-,45-41-. The minimum Gasteiger partial charge on any atom is -0.466 e. The maximum absolute atomic E-state index is 12.5. The van der Waals surface area contributed by atoms with Crippen LogP contribution in [0.25, 0.3) is 0 Å². The minimum atomic E-state index is -0.672. The van der Waals surface area contributed by atoms with Crippen LogP contribution in [0.1, 0.15) is 386 Å². The second-order valence-electron chi connectivity index (χ2n) is 23.9. The summed E-state index contributed by atoms with van der Waals surface area (Å²) in [6.45, 7) is 4.95. The largest absolute Gasteiger partial charge is 0.466 e. The van der Waals surface area contributed by atoms with Gasteiger partial charge >= 0.3 is 5.97 Å². The van der Waals surface area contributed by atoms with Gasteiger partial charge in [-0.2, -0.15) is 0 Å². The number of esters is 1. The Balaban J connectivity index is 3.45. The average Bonchev–Trinajstić information content (AvgIpc) is 3.42. The van der Waals surface area contributed by atoms with E-state index in [0.29, 0.717) is 25.9 Å². The normalized spacial score (nSPS) is 12.6. The Morgan fingerprint density at radius 3 is 0.974 bits per heavy atom. The zero-order chi connectivity index (χ0) is 55.0. The summed E-state index contributed by atoms with van der Waals surface area (Å²) in [6, 6.07) is -0.550. The van der Waals surface area contributed by atoms with Crippen LogP contribution in [0.2, 0.25) is 0 Å². The fraction of sp³-hybridized carbons (Fsp3) is 0.914. The van der Waals surface area contributed by atoms with Crippen molar-refractivity contribution in [3.63, 3.8) is 0 Å². The van der Waals surface area contributed by atoms with Gasteiger partial charge in [-0.1, -0.05) is 340 Å². The van der Waals surface area contributed by atoms with Crippen molar-refractivity contribution in [2.24, 2.45) is 0 Å². The number of aliphatic hydroxyl groups excluding tert-OH is 2. The number of unbranched alkanes of at least 4 members (excludes halogenated alkanes) is 51. The van der Waals surface area contributed by atoms with Gasteiger partial charge < -0.3 is 20.3 Å². The molecule has 76 heavy (non-hydrogen) atoms. The van der Waals surface area contributed by atoms with E-state index in [2.05, 4.69) is 43.5 Å². The number of hydrogen-bond donors (Lipinski definition) is 3. The highest BCUT2D eigenvalue weighted by Gasteiger charge is 2.20. The van der Waals surface area contributed by atoms with E-state index in [1.165, 1.54) is 283 Å². The Morgan fingerprint density at radius 1 is 0.368 bits per heavy atom. The summed E-state index contributed by atoms with van der Waals surface area (Å²) in [7, 11) is 0. The van der Waals surface area contributed by atoms with E-state index in [1.54, 1.807) is 0 Å².